The van der Waals surface area contributed by atoms with Crippen molar-refractivity contribution in [2.75, 3.05) is 12.3 Å². The molecule has 1 aromatic rings. The van der Waals surface area contributed by atoms with E-state index in [1.165, 1.54) is 6.20 Å². The van der Waals surface area contributed by atoms with Gasteiger partial charge in [-0.1, -0.05) is 16.7 Å². The quantitative estimate of drug-likeness (QED) is 0.471. The predicted octanol–water partition coefficient (Wildman–Crippen LogP) is 0.438. The van der Waals surface area contributed by atoms with Crippen LogP contribution in [-0.4, -0.2) is 33.4 Å². The summed E-state index contributed by atoms with van der Waals surface area (Å²) in [6.45, 7) is -0.314. The number of halogens is 1. The lowest BCUT2D eigenvalue weighted by Crippen LogP contribution is -2.28. The van der Waals surface area contributed by atoms with E-state index in [1.54, 1.807) is 0 Å². The SMILES string of the molecule is [N-]=[N+]=NC1C[C@H](n2cc(Cl)c(N)nc2=O)O[C@@H]1CO. The molecule has 10 heteroatoms. The van der Waals surface area contributed by atoms with Gasteiger partial charge in [0.05, 0.1) is 23.8 Å². The summed E-state index contributed by atoms with van der Waals surface area (Å²) in [5, 5.41) is 12.8. The molecule has 19 heavy (non-hydrogen) atoms. The van der Waals surface area contributed by atoms with E-state index in [0.717, 1.165) is 4.57 Å². The van der Waals surface area contributed by atoms with Gasteiger partial charge in [0.1, 0.15) is 12.0 Å². The van der Waals surface area contributed by atoms with E-state index in [4.69, 9.17) is 32.7 Å². The van der Waals surface area contributed by atoms with Crippen molar-refractivity contribution in [2.24, 2.45) is 5.11 Å². The molecule has 0 radical (unpaired) electrons. The highest BCUT2D eigenvalue weighted by molar-refractivity contribution is 6.32. The maximum Gasteiger partial charge on any atom is 0.351 e. The van der Waals surface area contributed by atoms with E-state index < -0.39 is 24.1 Å². The van der Waals surface area contributed by atoms with E-state index in [0.29, 0.717) is 0 Å². The van der Waals surface area contributed by atoms with Crippen LogP contribution in [0.4, 0.5) is 5.82 Å². The van der Waals surface area contributed by atoms with Crippen molar-refractivity contribution in [3.8, 4) is 0 Å². The minimum Gasteiger partial charge on any atom is -0.394 e. The van der Waals surface area contributed by atoms with Gasteiger partial charge in [0, 0.05) is 17.5 Å². The van der Waals surface area contributed by atoms with Gasteiger partial charge in [-0.15, -0.1) is 0 Å². The van der Waals surface area contributed by atoms with E-state index in [9.17, 15) is 4.79 Å². The van der Waals surface area contributed by atoms with Crippen LogP contribution in [0.25, 0.3) is 10.4 Å². The second-order valence-electron chi connectivity index (χ2n) is 3.98. The minimum absolute atomic E-state index is 0.0637. The summed E-state index contributed by atoms with van der Waals surface area (Å²) in [4.78, 5) is 17.9. The molecule has 2 rings (SSSR count). The molecule has 1 saturated heterocycles. The summed E-state index contributed by atoms with van der Waals surface area (Å²) >= 11 is 5.80. The van der Waals surface area contributed by atoms with E-state index in [-0.39, 0.29) is 23.9 Å². The van der Waals surface area contributed by atoms with Gasteiger partial charge in [0.2, 0.25) is 0 Å². The first-order valence-corrected chi connectivity index (χ1v) is 5.79. The fourth-order valence-electron chi connectivity index (χ4n) is 1.90. The fraction of sp³-hybridized carbons (Fsp3) is 0.556. The number of anilines is 1. The molecule has 1 fully saturated rings. The molecule has 3 N–H and O–H groups in total. The molecule has 3 atom stereocenters. The zero-order valence-corrected chi connectivity index (χ0v) is 10.4. The smallest absolute Gasteiger partial charge is 0.351 e. The molecule has 0 aliphatic carbocycles. The number of ether oxygens (including phenoxy) is 1. The number of azide groups is 1. The molecule has 0 aromatic carbocycles. The second-order valence-corrected chi connectivity index (χ2v) is 4.39. The Morgan fingerprint density at radius 1 is 1.79 bits per heavy atom. The summed E-state index contributed by atoms with van der Waals surface area (Å²) in [6, 6.07) is -0.553. The first-order chi connectivity index (χ1) is 9.06. The normalized spacial score (nSPS) is 26.1. The lowest BCUT2D eigenvalue weighted by molar-refractivity contribution is -0.0269. The lowest BCUT2D eigenvalue weighted by Gasteiger charge is -2.15. The van der Waals surface area contributed by atoms with E-state index in [2.05, 4.69) is 15.0 Å². The van der Waals surface area contributed by atoms with Gasteiger partial charge in [-0.2, -0.15) is 4.98 Å². The monoisotopic (exact) mass is 286 g/mol. The third kappa shape index (κ3) is 2.64. The average Bonchev–Trinajstić information content (AvgIpc) is 2.77. The Hall–Kier alpha value is -1.80. The first-order valence-electron chi connectivity index (χ1n) is 5.41. The van der Waals surface area contributed by atoms with Crippen LogP contribution in [0.1, 0.15) is 12.6 Å². The number of nitrogens with two attached hydrogens (primary N) is 1. The molecule has 0 bridgehead atoms. The molecule has 1 aliphatic rings. The highest BCUT2D eigenvalue weighted by Gasteiger charge is 2.35. The lowest BCUT2D eigenvalue weighted by atomic mass is 10.1. The Morgan fingerprint density at radius 2 is 2.53 bits per heavy atom. The van der Waals surface area contributed by atoms with Crippen molar-refractivity contribution >= 4 is 17.4 Å². The highest BCUT2D eigenvalue weighted by atomic mass is 35.5. The van der Waals surface area contributed by atoms with Crippen LogP contribution in [0.5, 0.6) is 0 Å². The molecule has 2 heterocycles. The summed E-state index contributed by atoms with van der Waals surface area (Å²) in [7, 11) is 0. The van der Waals surface area contributed by atoms with Crippen LogP contribution >= 0.6 is 11.6 Å². The van der Waals surface area contributed by atoms with Crippen molar-refractivity contribution in [1.29, 1.82) is 0 Å². The van der Waals surface area contributed by atoms with Gasteiger partial charge in [0.25, 0.3) is 0 Å². The standard InChI is InChI=1S/C9H11ClN6O3/c10-4-2-16(9(18)13-8(4)11)7-1-5(14-15-12)6(3-17)19-7/h2,5-7,17H,1,3H2,(H2,11,13,18)/t5?,6-,7-/m1/s1. The first kappa shape index (κ1) is 13.6. The van der Waals surface area contributed by atoms with Crippen molar-refractivity contribution in [2.45, 2.75) is 24.8 Å². The maximum absolute atomic E-state index is 11.7. The number of aromatic nitrogens is 2. The highest BCUT2D eigenvalue weighted by Crippen LogP contribution is 2.30. The Kier molecular flexibility index (Phi) is 3.91. The number of rotatable bonds is 3. The van der Waals surface area contributed by atoms with Crippen LogP contribution < -0.4 is 11.4 Å². The Bertz CT molecular complexity index is 584. The maximum atomic E-state index is 11.7. The average molecular weight is 287 g/mol. The third-order valence-electron chi connectivity index (χ3n) is 2.83. The van der Waals surface area contributed by atoms with E-state index in [1.807, 2.05) is 0 Å². The van der Waals surface area contributed by atoms with Gasteiger partial charge in [0.15, 0.2) is 0 Å². The van der Waals surface area contributed by atoms with Crippen LogP contribution in [-0.2, 0) is 4.74 Å². The number of aliphatic hydroxyl groups is 1. The summed E-state index contributed by atoms with van der Waals surface area (Å²) < 4.78 is 6.61. The zero-order valence-electron chi connectivity index (χ0n) is 9.68. The van der Waals surface area contributed by atoms with Crippen LogP contribution in [0.15, 0.2) is 16.1 Å². The molecule has 102 valence electrons. The molecular weight excluding hydrogens is 276 g/mol. The van der Waals surface area contributed by atoms with Crippen LogP contribution in [0, 0.1) is 0 Å². The molecular formula is C9H11ClN6O3. The number of nitrogens with zero attached hydrogens (tertiary/aromatic N) is 5. The molecule has 0 spiro atoms. The van der Waals surface area contributed by atoms with Crippen LogP contribution in [0.3, 0.4) is 0 Å². The number of hydrogen-bond donors (Lipinski definition) is 2. The van der Waals surface area contributed by atoms with Crippen molar-refractivity contribution in [1.82, 2.24) is 9.55 Å². The molecule has 9 nitrogen and oxygen atoms in total. The van der Waals surface area contributed by atoms with E-state index >= 15 is 0 Å². The van der Waals surface area contributed by atoms with Gasteiger partial charge in [-0.3, -0.25) is 4.57 Å². The second kappa shape index (κ2) is 5.45. The van der Waals surface area contributed by atoms with Gasteiger partial charge < -0.3 is 15.6 Å². The number of hydrogen-bond acceptors (Lipinski definition) is 6. The number of nitrogen functional groups attached to an aromatic ring is 1. The van der Waals surface area contributed by atoms with Gasteiger partial charge >= 0.3 is 5.69 Å². The van der Waals surface area contributed by atoms with Crippen molar-refractivity contribution in [3.63, 3.8) is 0 Å². The zero-order chi connectivity index (χ0) is 14.0. The molecule has 0 amide bonds. The van der Waals surface area contributed by atoms with Gasteiger partial charge in [-0.05, 0) is 5.53 Å². The predicted molar refractivity (Wildman–Crippen MR) is 66.5 cm³/mol. The molecule has 0 saturated carbocycles. The Labute approximate surface area is 112 Å². The Balaban J connectivity index is 2.32. The van der Waals surface area contributed by atoms with Crippen LogP contribution in [0.2, 0.25) is 5.02 Å². The number of aliphatic hydroxyl groups excluding tert-OH is 1. The molecule has 1 aromatic heterocycles. The fourth-order valence-corrected chi connectivity index (χ4v) is 2.05. The third-order valence-corrected chi connectivity index (χ3v) is 3.12. The molecule has 1 unspecified atom stereocenters. The molecule has 1 aliphatic heterocycles. The van der Waals surface area contributed by atoms with Crippen molar-refractivity contribution < 1.29 is 9.84 Å². The summed E-state index contributed by atoms with van der Waals surface area (Å²) in [5.41, 5.74) is 13.2. The van der Waals surface area contributed by atoms with Crippen molar-refractivity contribution in [3.05, 3.63) is 32.1 Å². The Morgan fingerprint density at radius 3 is 3.16 bits per heavy atom. The minimum atomic E-state index is -0.703. The topological polar surface area (TPSA) is 139 Å². The largest absolute Gasteiger partial charge is 0.394 e. The summed E-state index contributed by atoms with van der Waals surface area (Å²) in [6.07, 6.45) is 0.191. The van der Waals surface area contributed by atoms with Gasteiger partial charge in [-0.25, -0.2) is 4.79 Å². The summed E-state index contributed by atoms with van der Waals surface area (Å²) in [5.74, 6) is -0.0637.